The fourth-order valence-corrected chi connectivity index (χ4v) is 2.93. The highest BCUT2D eigenvalue weighted by Gasteiger charge is 2.31. The average molecular weight is 256 g/mol. The van der Waals surface area contributed by atoms with Crippen molar-refractivity contribution in [1.82, 2.24) is 10.2 Å². The van der Waals surface area contributed by atoms with Crippen LogP contribution in [0.4, 0.5) is 0 Å². The highest BCUT2D eigenvalue weighted by Crippen LogP contribution is 2.22. The summed E-state index contributed by atoms with van der Waals surface area (Å²) in [5, 5.41) is 3.37. The molecule has 0 amide bonds. The largest absolute Gasteiger partial charge is 0.373 e. The number of hydrogen-bond donors (Lipinski definition) is 1. The summed E-state index contributed by atoms with van der Waals surface area (Å²) in [5.41, 5.74) is 0.0000217. The zero-order valence-electron chi connectivity index (χ0n) is 12.1. The Morgan fingerprint density at radius 1 is 1.28 bits per heavy atom. The van der Waals surface area contributed by atoms with Gasteiger partial charge in [0.05, 0.1) is 24.4 Å². The Hall–Kier alpha value is -0.160. The zero-order chi connectivity index (χ0) is 13.0. The first-order valence-electron chi connectivity index (χ1n) is 7.31. The van der Waals surface area contributed by atoms with Crippen LogP contribution in [0.15, 0.2) is 0 Å². The van der Waals surface area contributed by atoms with E-state index < -0.39 is 0 Å². The van der Waals surface area contributed by atoms with Crippen LogP contribution < -0.4 is 5.32 Å². The predicted molar refractivity (Wildman–Crippen MR) is 72.9 cm³/mol. The van der Waals surface area contributed by atoms with Crippen LogP contribution in [-0.2, 0) is 9.47 Å². The Morgan fingerprint density at radius 2 is 2.06 bits per heavy atom. The molecule has 2 atom stereocenters. The van der Waals surface area contributed by atoms with Crippen molar-refractivity contribution in [2.24, 2.45) is 0 Å². The standard InChI is InChI=1S/C14H28N2O2/c1-4-15-9-12-5-6-13(18-12)10-16-7-8-17-14(2,3)11-16/h12-13,15H,4-11H2,1-3H3. The second-order valence-corrected chi connectivity index (χ2v) is 6.11. The minimum absolute atomic E-state index is 0.0000217. The fourth-order valence-electron chi connectivity index (χ4n) is 2.93. The summed E-state index contributed by atoms with van der Waals surface area (Å²) < 4.78 is 11.8. The molecule has 0 aromatic carbocycles. The molecule has 0 aliphatic carbocycles. The minimum Gasteiger partial charge on any atom is -0.373 e. The molecule has 2 fully saturated rings. The molecule has 2 heterocycles. The van der Waals surface area contributed by atoms with Gasteiger partial charge < -0.3 is 14.8 Å². The maximum atomic E-state index is 6.09. The minimum atomic E-state index is 0.0000217. The molecule has 0 bridgehead atoms. The molecule has 4 nitrogen and oxygen atoms in total. The van der Waals surface area contributed by atoms with Crippen molar-refractivity contribution < 1.29 is 9.47 Å². The predicted octanol–water partition coefficient (Wildman–Crippen LogP) is 1.25. The summed E-state index contributed by atoms with van der Waals surface area (Å²) in [6.07, 6.45) is 3.24. The van der Waals surface area contributed by atoms with Crippen molar-refractivity contribution in [2.45, 2.75) is 51.4 Å². The summed E-state index contributed by atoms with van der Waals surface area (Å²) in [7, 11) is 0. The lowest BCUT2D eigenvalue weighted by Gasteiger charge is -2.39. The fraction of sp³-hybridized carbons (Fsp3) is 1.00. The van der Waals surface area contributed by atoms with E-state index in [-0.39, 0.29) is 5.60 Å². The first-order chi connectivity index (χ1) is 8.59. The third-order valence-electron chi connectivity index (χ3n) is 3.78. The lowest BCUT2D eigenvalue weighted by atomic mass is 10.1. The molecule has 2 aliphatic rings. The van der Waals surface area contributed by atoms with E-state index in [2.05, 4.69) is 31.0 Å². The third-order valence-corrected chi connectivity index (χ3v) is 3.78. The van der Waals surface area contributed by atoms with Gasteiger partial charge in [-0.1, -0.05) is 6.92 Å². The first kappa shape index (κ1) is 14.3. The summed E-state index contributed by atoms with van der Waals surface area (Å²) in [6, 6.07) is 0. The van der Waals surface area contributed by atoms with Gasteiger partial charge in [-0.05, 0) is 33.2 Å². The van der Waals surface area contributed by atoms with Crippen LogP contribution in [0, 0.1) is 0 Å². The molecule has 0 radical (unpaired) electrons. The van der Waals surface area contributed by atoms with Gasteiger partial charge in [0.25, 0.3) is 0 Å². The molecule has 2 saturated heterocycles. The molecule has 0 aromatic rings. The van der Waals surface area contributed by atoms with E-state index in [1.807, 2.05) is 0 Å². The van der Waals surface area contributed by atoms with Gasteiger partial charge in [-0.3, -0.25) is 4.90 Å². The molecular weight excluding hydrogens is 228 g/mol. The number of nitrogens with zero attached hydrogens (tertiary/aromatic N) is 1. The van der Waals surface area contributed by atoms with Gasteiger partial charge in [0.2, 0.25) is 0 Å². The van der Waals surface area contributed by atoms with E-state index in [1.54, 1.807) is 0 Å². The second kappa shape index (κ2) is 6.33. The summed E-state index contributed by atoms with van der Waals surface area (Å²) in [5.74, 6) is 0. The van der Waals surface area contributed by atoms with E-state index in [1.165, 1.54) is 12.8 Å². The molecule has 0 spiro atoms. The van der Waals surface area contributed by atoms with E-state index in [0.29, 0.717) is 12.2 Å². The second-order valence-electron chi connectivity index (χ2n) is 6.11. The maximum Gasteiger partial charge on any atom is 0.0753 e. The van der Waals surface area contributed by atoms with Gasteiger partial charge in [0.1, 0.15) is 0 Å². The molecule has 0 saturated carbocycles. The molecular formula is C14H28N2O2. The lowest BCUT2D eigenvalue weighted by molar-refractivity contribution is -0.0964. The van der Waals surface area contributed by atoms with Crippen LogP contribution >= 0.6 is 0 Å². The summed E-state index contributed by atoms with van der Waals surface area (Å²) in [4.78, 5) is 2.49. The molecule has 2 rings (SSSR count). The van der Waals surface area contributed by atoms with Gasteiger partial charge in [0.15, 0.2) is 0 Å². The Morgan fingerprint density at radius 3 is 2.78 bits per heavy atom. The van der Waals surface area contributed by atoms with Crippen LogP contribution in [0.25, 0.3) is 0 Å². The number of hydrogen-bond acceptors (Lipinski definition) is 4. The van der Waals surface area contributed by atoms with Crippen molar-refractivity contribution in [2.75, 3.05) is 39.3 Å². The molecule has 18 heavy (non-hydrogen) atoms. The number of likely N-dealkylation sites (N-methyl/N-ethyl adjacent to an activating group) is 1. The SMILES string of the molecule is CCNCC1CCC(CN2CCOC(C)(C)C2)O1. The summed E-state index contributed by atoms with van der Waals surface area (Å²) >= 11 is 0. The Labute approximate surface area is 111 Å². The molecule has 2 aliphatic heterocycles. The Balaban J connectivity index is 1.71. The molecule has 4 heteroatoms. The van der Waals surface area contributed by atoms with Crippen molar-refractivity contribution >= 4 is 0 Å². The zero-order valence-corrected chi connectivity index (χ0v) is 12.1. The lowest BCUT2D eigenvalue weighted by Crippen LogP contribution is -2.50. The monoisotopic (exact) mass is 256 g/mol. The van der Waals surface area contributed by atoms with Gasteiger partial charge in [-0.2, -0.15) is 0 Å². The van der Waals surface area contributed by atoms with Crippen molar-refractivity contribution in [3.8, 4) is 0 Å². The van der Waals surface area contributed by atoms with Crippen LogP contribution in [0.5, 0.6) is 0 Å². The maximum absolute atomic E-state index is 6.09. The van der Waals surface area contributed by atoms with E-state index >= 15 is 0 Å². The van der Waals surface area contributed by atoms with Crippen LogP contribution in [-0.4, -0.2) is 62.0 Å². The molecule has 0 aromatic heterocycles. The number of ether oxygens (including phenoxy) is 2. The van der Waals surface area contributed by atoms with Gasteiger partial charge in [-0.15, -0.1) is 0 Å². The van der Waals surface area contributed by atoms with Crippen LogP contribution in [0.3, 0.4) is 0 Å². The highest BCUT2D eigenvalue weighted by molar-refractivity contribution is 4.83. The number of rotatable bonds is 5. The molecule has 1 N–H and O–H groups in total. The smallest absolute Gasteiger partial charge is 0.0753 e. The topological polar surface area (TPSA) is 33.7 Å². The van der Waals surface area contributed by atoms with Crippen molar-refractivity contribution in [3.63, 3.8) is 0 Å². The van der Waals surface area contributed by atoms with E-state index in [9.17, 15) is 0 Å². The summed E-state index contributed by atoms with van der Waals surface area (Å²) in [6.45, 7) is 12.5. The van der Waals surface area contributed by atoms with Gasteiger partial charge in [-0.25, -0.2) is 0 Å². The third kappa shape index (κ3) is 4.19. The van der Waals surface area contributed by atoms with Crippen LogP contribution in [0.2, 0.25) is 0 Å². The number of nitrogens with one attached hydrogen (secondary N) is 1. The first-order valence-corrected chi connectivity index (χ1v) is 7.31. The Kier molecular flexibility index (Phi) is 5.01. The van der Waals surface area contributed by atoms with E-state index in [4.69, 9.17) is 9.47 Å². The average Bonchev–Trinajstić information content (AvgIpc) is 2.73. The van der Waals surface area contributed by atoms with E-state index in [0.717, 1.165) is 39.3 Å². The Bertz CT molecular complexity index is 258. The quantitative estimate of drug-likeness (QED) is 0.803. The van der Waals surface area contributed by atoms with Crippen molar-refractivity contribution in [1.29, 1.82) is 0 Å². The molecule has 106 valence electrons. The van der Waals surface area contributed by atoms with Gasteiger partial charge in [0, 0.05) is 26.2 Å². The van der Waals surface area contributed by atoms with Crippen molar-refractivity contribution in [3.05, 3.63) is 0 Å². The highest BCUT2D eigenvalue weighted by atomic mass is 16.5. The number of morpholine rings is 1. The molecule has 2 unspecified atom stereocenters. The normalized spacial score (nSPS) is 32.8. The van der Waals surface area contributed by atoms with Gasteiger partial charge >= 0.3 is 0 Å². The van der Waals surface area contributed by atoms with Crippen LogP contribution in [0.1, 0.15) is 33.6 Å².